The van der Waals surface area contributed by atoms with Gasteiger partial charge in [-0.2, -0.15) is 0 Å². The minimum Gasteiger partial charge on any atom is -0.468 e. The summed E-state index contributed by atoms with van der Waals surface area (Å²) in [7, 11) is 0. The topological polar surface area (TPSA) is 28.4 Å². The van der Waals surface area contributed by atoms with Crippen LogP contribution in [0.15, 0.2) is 47.1 Å². The zero-order valence-corrected chi connectivity index (χ0v) is 12.2. The van der Waals surface area contributed by atoms with E-state index in [4.69, 9.17) is 4.42 Å². The van der Waals surface area contributed by atoms with Gasteiger partial charge in [0, 0.05) is 24.8 Å². The average molecular weight is 270 g/mol. The molecule has 0 radical (unpaired) electrons. The monoisotopic (exact) mass is 270 g/mol. The molecule has 2 aromatic rings. The molecule has 1 N–H and O–H groups in total. The molecule has 3 heteroatoms. The van der Waals surface area contributed by atoms with Crippen LogP contribution in [0.1, 0.15) is 31.2 Å². The number of nitrogens with one attached hydrogen (secondary N) is 1. The highest BCUT2D eigenvalue weighted by Crippen LogP contribution is 2.31. The lowest BCUT2D eigenvalue weighted by molar-refractivity contribution is 0.431. The van der Waals surface area contributed by atoms with Crippen molar-refractivity contribution in [3.05, 3.63) is 54.0 Å². The largest absolute Gasteiger partial charge is 0.468 e. The van der Waals surface area contributed by atoms with E-state index < -0.39 is 0 Å². The van der Waals surface area contributed by atoms with Crippen LogP contribution in [0.4, 0.5) is 5.69 Å². The van der Waals surface area contributed by atoms with Gasteiger partial charge in [-0.15, -0.1) is 0 Å². The fraction of sp³-hybridized carbons (Fsp3) is 0.412. The molecule has 0 bridgehead atoms. The Bertz CT molecular complexity index is 550. The highest BCUT2D eigenvalue weighted by atomic mass is 16.3. The first-order valence-corrected chi connectivity index (χ1v) is 7.37. The molecule has 1 aromatic heterocycles. The predicted octanol–water partition coefficient (Wildman–Crippen LogP) is 3.38. The highest BCUT2D eigenvalue weighted by Gasteiger charge is 2.24. The van der Waals surface area contributed by atoms with Gasteiger partial charge in [0.2, 0.25) is 0 Å². The summed E-state index contributed by atoms with van der Waals surface area (Å²) in [6.45, 7) is 6.43. The lowest BCUT2D eigenvalue weighted by Gasteiger charge is -2.25. The summed E-state index contributed by atoms with van der Waals surface area (Å²) < 4.78 is 5.42. The van der Waals surface area contributed by atoms with E-state index in [9.17, 15) is 0 Å². The maximum absolute atomic E-state index is 5.42. The van der Waals surface area contributed by atoms with Crippen LogP contribution in [-0.4, -0.2) is 19.1 Å². The third-order valence-corrected chi connectivity index (χ3v) is 4.12. The number of hydrogen-bond donors (Lipinski definition) is 1. The van der Waals surface area contributed by atoms with Crippen LogP contribution >= 0.6 is 0 Å². The molecule has 106 valence electrons. The predicted molar refractivity (Wildman–Crippen MR) is 82.1 cm³/mol. The number of benzene rings is 1. The SMILES string of the molecule is CC(NCCN1c2ccccc2CC1C)c1ccco1. The van der Waals surface area contributed by atoms with Gasteiger partial charge in [0.25, 0.3) is 0 Å². The Hall–Kier alpha value is -1.74. The maximum atomic E-state index is 5.42. The number of furan rings is 1. The van der Waals surface area contributed by atoms with Gasteiger partial charge in [0.15, 0.2) is 0 Å². The Morgan fingerprint density at radius 3 is 2.95 bits per heavy atom. The summed E-state index contributed by atoms with van der Waals surface area (Å²) in [5.41, 5.74) is 2.87. The van der Waals surface area contributed by atoms with Crippen LogP contribution in [0.25, 0.3) is 0 Å². The number of fused-ring (bicyclic) bond motifs is 1. The Morgan fingerprint density at radius 1 is 1.30 bits per heavy atom. The van der Waals surface area contributed by atoms with Gasteiger partial charge in [-0.05, 0) is 44.0 Å². The minimum atomic E-state index is 0.262. The third-order valence-electron chi connectivity index (χ3n) is 4.12. The van der Waals surface area contributed by atoms with Gasteiger partial charge in [-0.3, -0.25) is 0 Å². The van der Waals surface area contributed by atoms with E-state index in [1.54, 1.807) is 6.26 Å². The van der Waals surface area contributed by atoms with Crippen LogP contribution in [0.3, 0.4) is 0 Å². The van der Waals surface area contributed by atoms with Crippen LogP contribution in [-0.2, 0) is 6.42 Å². The quantitative estimate of drug-likeness (QED) is 0.903. The molecule has 2 atom stereocenters. The molecule has 0 amide bonds. The second-order valence-corrected chi connectivity index (χ2v) is 5.57. The van der Waals surface area contributed by atoms with Gasteiger partial charge in [0.1, 0.15) is 5.76 Å². The van der Waals surface area contributed by atoms with E-state index in [1.807, 2.05) is 12.1 Å². The maximum Gasteiger partial charge on any atom is 0.120 e. The molecule has 0 saturated carbocycles. The van der Waals surface area contributed by atoms with E-state index in [1.165, 1.54) is 11.3 Å². The molecule has 0 aliphatic carbocycles. The van der Waals surface area contributed by atoms with Crippen molar-refractivity contribution in [1.29, 1.82) is 0 Å². The van der Waals surface area contributed by atoms with Crippen molar-refractivity contribution in [2.45, 2.75) is 32.4 Å². The molecule has 3 nitrogen and oxygen atoms in total. The summed E-state index contributed by atoms with van der Waals surface area (Å²) >= 11 is 0. The summed E-state index contributed by atoms with van der Waals surface area (Å²) in [4.78, 5) is 2.50. The molecule has 2 unspecified atom stereocenters. The zero-order valence-electron chi connectivity index (χ0n) is 12.2. The molecule has 0 spiro atoms. The molecular formula is C17H22N2O. The van der Waals surface area contributed by atoms with Gasteiger partial charge in [-0.1, -0.05) is 18.2 Å². The van der Waals surface area contributed by atoms with Crippen molar-refractivity contribution in [1.82, 2.24) is 5.32 Å². The standard InChI is InChI=1S/C17H22N2O/c1-13-12-15-6-3-4-7-16(15)19(13)10-9-18-14(2)17-8-5-11-20-17/h3-8,11,13-14,18H,9-10,12H2,1-2H3. The van der Waals surface area contributed by atoms with Crippen molar-refractivity contribution < 1.29 is 4.42 Å². The van der Waals surface area contributed by atoms with Crippen LogP contribution in [0.5, 0.6) is 0 Å². The van der Waals surface area contributed by atoms with Crippen LogP contribution in [0, 0.1) is 0 Å². The molecule has 1 aromatic carbocycles. The van der Waals surface area contributed by atoms with E-state index in [0.717, 1.165) is 25.3 Å². The van der Waals surface area contributed by atoms with Crippen molar-refractivity contribution in [3.63, 3.8) is 0 Å². The summed E-state index contributed by atoms with van der Waals surface area (Å²) in [5, 5.41) is 3.53. The first-order chi connectivity index (χ1) is 9.75. The van der Waals surface area contributed by atoms with Gasteiger partial charge in [0.05, 0.1) is 12.3 Å². The Balaban J connectivity index is 1.56. The van der Waals surface area contributed by atoms with Crippen molar-refractivity contribution in [3.8, 4) is 0 Å². The molecule has 1 aliphatic rings. The number of nitrogens with zero attached hydrogens (tertiary/aromatic N) is 1. The molecule has 0 saturated heterocycles. The molecule has 2 heterocycles. The van der Waals surface area contributed by atoms with E-state index in [0.29, 0.717) is 6.04 Å². The molecular weight excluding hydrogens is 248 g/mol. The minimum absolute atomic E-state index is 0.262. The number of rotatable bonds is 5. The second-order valence-electron chi connectivity index (χ2n) is 5.57. The number of para-hydroxylation sites is 1. The summed E-state index contributed by atoms with van der Waals surface area (Å²) in [5.74, 6) is 1.000. The second kappa shape index (κ2) is 5.71. The average Bonchev–Trinajstić information content (AvgIpc) is 3.07. The number of anilines is 1. The van der Waals surface area contributed by atoms with E-state index >= 15 is 0 Å². The lowest BCUT2D eigenvalue weighted by atomic mass is 10.1. The smallest absolute Gasteiger partial charge is 0.120 e. The first kappa shape index (κ1) is 13.3. The van der Waals surface area contributed by atoms with Crippen molar-refractivity contribution >= 4 is 5.69 Å². The summed E-state index contributed by atoms with van der Waals surface area (Å²) in [6, 6.07) is 13.5. The fourth-order valence-electron chi connectivity index (χ4n) is 3.01. The normalized spacial score (nSPS) is 19.1. The first-order valence-electron chi connectivity index (χ1n) is 7.37. The molecule has 3 rings (SSSR count). The third kappa shape index (κ3) is 2.59. The van der Waals surface area contributed by atoms with Gasteiger partial charge < -0.3 is 14.6 Å². The van der Waals surface area contributed by atoms with Crippen molar-refractivity contribution in [2.24, 2.45) is 0 Å². The van der Waals surface area contributed by atoms with Gasteiger partial charge >= 0.3 is 0 Å². The Kier molecular flexibility index (Phi) is 3.79. The van der Waals surface area contributed by atoms with Crippen LogP contribution < -0.4 is 10.2 Å². The lowest BCUT2D eigenvalue weighted by Crippen LogP contribution is -2.36. The number of hydrogen-bond acceptors (Lipinski definition) is 3. The Morgan fingerprint density at radius 2 is 2.15 bits per heavy atom. The fourth-order valence-corrected chi connectivity index (χ4v) is 3.01. The van der Waals surface area contributed by atoms with E-state index in [-0.39, 0.29) is 6.04 Å². The molecule has 0 fully saturated rings. The van der Waals surface area contributed by atoms with Crippen molar-refractivity contribution in [2.75, 3.05) is 18.0 Å². The highest BCUT2D eigenvalue weighted by molar-refractivity contribution is 5.59. The molecule has 1 aliphatic heterocycles. The Labute approximate surface area is 120 Å². The zero-order chi connectivity index (χ0) is 13.9. The van der Waals surface area contributed by atoms with Crippen LogP contribution in [0.2, 0.25) is 0 Å². The van der Waals surface area contributed by atoms with Gasteiger partial charge in [-0.25, -0.2) is 0 Å². The summed E-state index contributed by atoms with van der Waals surface area (Å²) in [6.07, 6.45) is 2.89. The van der Waals surface area contributed by atoms with E-state index in [2.05, 4.69) is 48.3 Å². The molecule has 20 heavy (non-hydrogen) atoms.